The number of hydrogen-bond donors (Lipinski definition) is 1. The number of phenols is 1. The van der Waals surface area contributed by atoms with Gasteiger partial charge in [-0.2, -0.15) is 0 Å². The van der Waals surface area contributed by atoms with Crippen LogP contribution < -0.4 is 4.90 Å². The molecule has 1 aliphatic heterocycles. The Morgan fingerprint density at radius 1 is 0.950 bits per heavy atom. The molecule has 4 aliphatic rings. The van der Waals surface area contributed by atoms with Crippen molar-refractivity contribution in [2.75, 3.05) is 4.90 Å². The summed E-state index contributed by atoms with van der Waals surface area (Å²) >= 11 is 0. The lowest BCUT2D eigenvalue weighted by atomic mass is 9.59. The molecule has 40 heavy (non-hydrogen) atoms. The largest absolute Gasteiger partial charge is 0.507 e. The van der Waals surface area contributed by atoms with Crippen LogP contribution in [-0.2, 0) is 19.2 Å². The van der Waals surface area contributed by atoms with E-state index in [0.29, 0.717) is 27.8 Å². The van der Waals surface area contributed by atoms with Crippen LogP contribution in [0, 0.1) is 41.7 Å². The fourth-order valence-electron chi connectivity index (χ4n) is 6.87. The molecule has 1 N–H and O–H groups in total. The minimum absolute atomic E-state index is 0.151. The topological polar surface area (TPSA) is 135 Å². The van der Waals surface area contributed by atoms with Crippen molar-refractivity contribution in [2.24, 2.45) is 17.8 Å². The average Bonchev–Trinajstić information content (AvgIpc) is 3.18. The molecule has 1 saturated heterocycles. The number of carbonyl (C=O) groups excluding carboxylic acids is 4. The first kappa shape index (κ1) is 25.6. The van der Waals surface area contributed by atoms with Crippen LogP contribution >= 0.6 is 0 Å². The molecule has 1 heterocycles. The Labute approximate surface area is 229 Å². The van der Waals surface area contributed by atoms with Gasteiger partial charge in [0.2, 0.25) is 11.8 Å². The maximum absolute atomic E-state index is 13.9. The lowest BCUT2D eigenvalue weighted by Crippen LogP contribution is -2.39. The number of nitro benzene ring substituents is 1. The van der Waals surface area contributed by atoms with Gasteiger partial charge in [0.05, 0.1) is 22.4 Å². The van der Waals surface area contributed by atoms with Gasteiger partial charge in [-0.3, -0.25) is 34.2 Å². The fraction of sp³-hybridized carbons (Fsp3) is 0.290. The highest BCUT2D eigenvalue weighted by Gasteiger charge is 2.56. The summed E-state index contributed by atoms with van der Waals surface area (Å²) in [5.41, 5.74) is 4.06. The van der Waals surface area contributed by atoms with E-state index >= 15 is 0 Å². The lowest BCUT2D eigenvalue weighted by Gasteiger charge is -2.42. The molecule has 0 saturated carbocycles. The number of hydrogen-bond acceptors (Lipinski definition) is 7. The molecule has 2 aromatic rings. The number of benzene rings is 2. The summed E-state index contributed by atoms with van der Waals surface area (Å²) in [4.78, 5) is 65.9. The van der Waals surface area contributed by atoms with Gasteiger partial charge in [-0.25, -0.2) is 0 Å². The van der Waals surface area contributed by atoms with E-state index in [1.165, 1.54) is 30.3 Å². The minimum atomic E-state index is -0.742. The molecular formula is C31H26N2O7. The molecule has 0 bridgehead atoms. The van der Waals surface area contributed by atoms with E-state index < -0.39 is 34.5 Å². The summed E-state index contributed by atoms with van der Waals surface area (Å²) in [5, 5.41) is 21.5. The van der Waals surface area contributed by atoms with Gasteiger partial charge in [0.15, 0.2) is 11.6 Å². The van der Waals surface area contributed by atoms with Crippen molar-refractivity contribution in [3.63, 3.8) is 0 Å². The minimum Gasteiger partial charge on any atom is -0.507 e. The molecule has 0 radical (unpaired) electrons. The van der Waals surface area contributed by atoms with Crippen molar-refractivity contribution in [3.05, 3.63) is 97.6 Å². The lowest BCUT2D eigenvalue weighted by molar-refractivity contribution is -0.384. The molecular weight excluding hydrogens is 512 g/mol. The van der Waals surface area contributed by atoms with Crippen LogP contribution in [0.3, 0.4) is 0 Å². The van der Waals surface area contributed by atoms with Gasteiger partial charge in [0, 0.05) is 34.8 Å². The number of Topliss-reactive ketones (excluding diaryl/α,β-unsaturated/α-hetero) is 1. The predicted octanol–water partition coefficient (Wildman–Crippen LogP) is 4.55. The zero-order valence-electron chi connectivity index (χ0n) is 22.1. The van der Waals surface area contributed by atoms with Crippen LogP contribution in [-0.4, -0.2) is 33.4 Å². The third-order valence-corrected chi connectivity index (χ3v) is 8.73. The summed E-state index contributed by atoms with van der Waals surface area (Å²) in [6.45, 7) is 5.16. The van der Waals surface area contributed by atoms with Gasteiger partial charge in [-0.15, -0.1) is 0 Å². The van der Waals surface area contributed by atoms with Crippen molar-refractivity contribution in [1.82, 2.24) is 0 Å². The Morgan fingerprint density at radius 3 is 2.23 bits per heavy atom. The number of ketones is 2. The van der Waals surface area contributed by atoms with Gasteiger partial charge in [-0.05, 0) is 74.4 Å². The number of nitro groups is 1. The highest BCUT2D eigenvalue weighted by Crippen LogP contribution is 2.55. The SMILES string of the molecule is CC1=CC(=O)C2=C(C1=O)[C@@H](c1cc(C)c(O)c(C)c1)C1=CC[C@@H]3C(=O)N(c4ccc([N+](=O)[O-])cc4)C(=O)[C@@H]3[C@@H]1C2. The second-order valence-electron chi connectivity index (χ2n) is 11.0. The van der Waals surface area contributed by atoms with E-state index in [9.17, 15) is 34.4 Å². The van der Waals surface area contributed by atoms with Crippen molar-refractivity contribution < 1.29 is 29.2 Å². The number of non-ortho nitro benzene ring substituents is 1. The third-order valence-electron chi connectivity index (χ3n) is 8.73. The maximum Gasteiger partial charge on any atom is 0.269 e. The van der Waals surface area contributed by atoms with E-state index in [1.807, 2.05) is 18.2 Å². The van der Waals surface area contributed by atoms with Gasteiger partial charge in [-0.1, -0.05) is 23.8 Å². The smallest absolute Gasteiger partial charge is 0.269 e. The summed E-state index contributed by atoms with van der Waals surface area (Å²) in [7, 11) is 0. The Bertz CT molecular complexity index is 1640. The Hall–Kier alpha value is -4.66. The van der Waals surface area contributed by atoms with Crippen LogP contribution in [0.25, 0.3) is 0 Å². The number of allylic oxidation sites excluding steroid dienone is 6. The zero-order valence-corrected chi connectivity index (χ0v) is 22.1. The summed E-state index contributed by atoms with van der Waals surface area (Å²) < 4.78 is 0. The number of phenolic OH excluding ortho intramolecular Hbond substituents is 1. The molecule has 0 aromatic heterocycles. The number of rotatable bonds is 3. The quantitative estimate of drug-likeness (QED) is 0.199. The summed E-state index contributed by atoms with van der Waals surface area (Å²) in [6, 6.07) is 8.91. The Kier molecular flexibility index (Phi) is 5.72. The van der Waals surface area contributed by atoms with E-state index in [4.69, 9.17) is 0 Å². The van der Waals surface area contributed by atoms with Crippen molar-refractivity contribution in [2.45, 2.75) is 39.5 Å². The van der Waals surface area contributed by atoms with Crippen LogP contribution in [0.5, 0.6) is 5.75 Å². The molecule has 4 atom stereocenters. The highest BCUT2D eigenvalue weighted by atomic mass is 16.6. The van der Waals surface area contributed by atoms with Crippen LogP contribution in [0.15, 0.2) is 70.8 Å². The number of amides is 2. The number of imide groups is 1. The second kappa shape index (κ2) is 8.94. The fourth-order valence-corrected chi connectivity index (χ4v) is 6.87. The monoisotopic (exact) mass is 538 g/mol. The van der Waals surface area contributed by atoms with Gasteiger partial charge in [0.25, 0.3) is 5.69 Å². The molecule has 9 heteroatoms. The summed E-state index contributed by atoms with van der Waals surface area (Å²) in [6.07, 6.45) is 3.73. The molecule has 2 aromatic carbocycles. The second-order valence-corrected chi connectivity index (χ2v) is 11.0. The molecule has 3 aliphatic carbocycles. The van der Waals surface area contributed by atoms with Crippen molar-refractivity contribution in [3.8, 4) is 5.75 Å². The number of anilines is 1. The van der Waals surface area contributed by atoms with E-state index in [2.05, 4.69) is 0 Å². The molecule has 9 nitrogen and oxygen atoms in total. The van der Waals surface area contributed by atoms with E-state index in [1.54, 1.807) is 20.8 Å². The van der Waals surface area contributed by atoms with Crippen molar-refractivity contribution >= 4 is 34.8 Å². The molecule has 2 amide bonds. The van der Waals surface area contributed by atoms with Crippen LogP contribution in [0.1, 0.15) is 42.4 Å². The molecule has 0 unspecified atom stereocenters. The number of carbonyl (C=O) groups is 4. The zero-order chi connectivity index (χ0) is 28.6. The first-order chi connectivity index (χ1) is 19.0. The normalized spacial score (nSPS) is 25.8. The molecule has 0 spiro atoms. The predicted molar refractivity (Wildman–Crippen MR) is 144 cm³/mol. The van der Waals surface area contributed by atoms with Gasteiger partial charge < -0.3 is 5.11 Å². The maximum atomic E-state index is 13.9. The van der Waals surface area contributed by atoms with E-state index in [-0.39, 0.29) is 47.4 Å². The summed E-state index contributed by atoms with van der Waals surface area (Å²) in [5.74, 6) is -3.59. The van der Waals surface area contributed by atoms with Gasteiger partial charge in [0.1, 0.15) is 5.75 Å². The first-order valence-electron chi connectivity index (χ1n) is 13.1. The van der Waals surface area contributed by atoms with E-state index in [0.717, 1.165) is 16.0 Å². The number of nitrogens with zero attached hydrogens (tertiary/aromatic N) is 2. The first-order valence-corrected chi connectivity index (χ1v) is 13.1. The standard InChI is InChI=1S/C31H26N2O7/c1-14-10-17(11-15(2)28(14)35)25-20-8-9-21-26(22(20)13-23-24(34)12-16(3)29(36)27(23)25)31(38)32(30(21)37)18-4-6-19(7-5-18)33(39)40/h4-8,10-12,21-22,25-26,35H,9,13H2,1-3H3/t21-,22+,25-,26-/m0/s1. The highest BCUT2D eigenvalue weighted by molar-refractivity contribution is 6.25. The Balaban J connectivity index is 1.47. The van der Waals surface area contributed by atoms with Crippen molar-refractivity contribution in [1.29, 1.82) is 0 Å². The van der Waals surface area contributed by atoms with Gasteiger partial charge >= 0.3 is 0 Å². The average molecular weight is 539 g/mol. The Morgan fingerprint density at radius 2 is 1.60 bits per heavy atom. The number of aryl methyl sites for hydroxylation is 2. The third kappa shape index (κ3) is 3.61. The molecule has 6 rings (SSSR count). The number of aromatic hydroxyl groups is 1. The van der Waals surface area contributed by atoms with Crippen LogP contribution in [0.4, 0.5) is 11.4 Å². The number of fused-ring (bicyclic) bond motifs is 3. The molecule has 202 valence electrons. The molecule has 1 fully saturated rings. The van der Waals surface area contributed by atoms with Crippen LogP contribution in [0.2, 0.25) is 0 Å².